The van der Waals surface area contributed by atoms with E-state index in [2.05, 4.69) is 23.5 Å². The summed E-state index contributed by atoms with van der Waals surface area (Å²) < 4.78 is 0. The van der Waals surface area contributed by atoms with Crippen molar-refractivity contribution >= 4 is 11.9 Å². The van der Waals surface area contributed by atoms with Crippen molar-refractivity contribution in [3.63, 3.8) is 0 Å². The Hall–Kier alpha value is -1.84. The molecule has 1 fully saturated rings. The molecule has 4 nitrogen and oxygen atoms in total. The van der Waals surface area contributed by atoms with Gasteiger partial charge in [-0.05, 0) is 43.2 Å². The number of rotatable bonds is 5. The smallest absolute Gasteiger partial charge is 0.326 e. The molecule has 3 unspecified atom stereocenters. The number of aliphatic carboxylic acids is 1. The van der Waals surface area contributed by atoms with E-state index in [4.69, 9.17) is 0 Å². The summed E-state index contributed by atoms with van der Waals surface area (Å²) >= 11 is 0. The second-order valence-electron chi connectivity index (χ2n) is 6.61. The monoisotopic (exact) mass is 301 g/mol. The standard InChI is InChI=1S/C18H23NO3/c1-2-6-15(17(21)22)19-16(20)14-11-18(14)10-5-8-12-7-3-4-9-13(12)18/h3-4,7,9,14-15H,2,5-6,8,10-11H2,1H3,(H,19,20)(H,21,22). The fourth-order valence-corrected chi connectivity index (χ4v) is 3.99. The van der Waals surface area contributed by atoms with Crippen molar-refractivity contribution in [2.75, 3.05) is 0 Å². The quantitative estimate of drug-likeness (QED) is 0.878. The molecular weight excluding hydrogens is 278 g/mol. The second-order valence-corrected chi connectivity index (χ2v) is 6.61. The van der Waals surface area contributed by atoms with Crippen LogP contribution in [-0.4, -0.2) is 23.0 Å². The molecule has 3 atom stereocenters. The van der Waals surface area contributed by atoms with Gasteiger partial charge in [-0.3, -0.25) is 4.79 Å². The Bertz CT molecular complexity index is 598. The second kappa shape index (κ2) is 5.75. The van der Waals surface area contributed by atoms with E-state index in [0.29, 0.717) is 6.42 Å². The number of nitrogens with one attached hydrogen (secondary N) is 1. The predicted molar refractivity (Wildman–Crippen MR) is 83.6 cm³/mol. The maximum atomic E-state index is 12.5. The van der Waals surface area contributed by atoms with Crippen LogP contribution in [0.15, 0.2) is 24.3 Å². The highest BCUT2D eigenvalue weighted by molar-refractivity contribution is 5.88. The Morgan fingerprint density at radius 1 is 1.41 bits per heavy atom. The van der Waals surface area contributed by atoms with E-state index in [-0.39, 0.29) is 17.2 Å². The highest BCUT2D eigenvalue weighted by Crippen LogP contribution is 2.60. The molecule has 0 heterocycles. The number of benzene rings is 1. The van der Waals surface area contributed by atoms with E-state index in [9.17, 15) is 14.7 Å². The predicted octanol–water partition coefficient (Wildman–Crippen LogP) is 2.65. The lowest BCUT2D eigenvalue weighted by molar-refractivity contribution is -0.142. The third-order valence-electron chi connectivity index (χ3n) is 5.21. The summed E-state index contributed by atoms with van der Waals surface area (Å²) in [6, 6.07) is 7.63. The van der Waals surface area contributed by atoms with Crippen LogP contribution in [0.3, 0.4) is 0 Å². The molecular formula is C18H23NO3. The van der Waals surface area contributed by atoms with Gasteiger partial charge in [0.2, 0.25) is 5.91 Å². The van der Waals surface area contributed by atoms with Gasteiger partial charge in [-0.1, -0.05) is 37.6 Å². The summed E-state index contributed by atoms with van der Waals surface area (Å²) in [7, 11) is 0. The van der Waals surface area contributed by atoms with Crippen LogP contribution >= 0.6 is 0 Å². The van der Waals surface area contributed by atoms with Gasteiger partial charge >= 0.3 is 5.97 Å². The first-order valence-corrected chi connectivity index (χ1v) is 8.20. The molecule has 1 aromatic rings. The summed E-state index contributed by atoms with van der Waals surface area (Å²) in [6.07, 6.45) is 5.31. The molecule has 3 rings (SSSR count). The summed E-state index contributed by atoms with van der Waals surface area (Å²) in [6.45, 7) is 1.93. The van der Waals surface area contributed by atoms with Crippen LogP contribution in [0.25, 0.3) is 0 Å². The molecule has 0 bridgehead atoms. The van der Waals surface area contributed by atoms with Gasteiger partial charge in [0, 0.05) is 11.3 Å². The van der Waals surface area contributed by atoms with Gasteiger partial charge < -0.3 is 10.4 Å². The minimum absolute atomic E-state index is 0.0335. The lowest BCUT2D eigenvalue weighted by Crippen LogP contribution is -2.42. The molecule has 2 aliphatic rings. The van der Waals surface area contributed by atoms with Gasteiger partial charge in [0.1, 0.15) is 6.04 Å². The molecule has 0 aromatic heterocycles. The molecule has 1 aromatic carbocycles. The van der Waals surface area contributed by atoms with E-state index >= 15 is 0 Å². The third-order valence-corrected chi connectivity index (χ3v) is 5.21. The highest BCUT2D eigenvalue weighted by atomic mass is 16.4. The lowest BCUT2D eigenvalue weighted by Gasteiger charge is -2.26. The van der Waals surface area contributed by atoms with Crippen molar-refractivity contribution in [1.82, 2.24) is 5.32 Å². The molecule has 22 heavy (non-hydrogen) atoms. The Morgan fingerprint density at radius 3 is 2.91 bits per heavy atom. The lowest BCUT2D eigenvalue weighted by atomic mass is 9.78. The maximum Gasteiger partial charge on any atom is 0.326 e. The van der Waals surface area contributed by atoms with Crippen molar-refractivity contribution in [2.45, 2.75) is 56.9 Å². The van der Waals surface area contributed by atoms with E-state index in [1.165, 1.54) is 11.1 Å². The molecule has 1 amide bonds. The fraction of sp³-hybridized carbons (Fsp3) is 0.556. The topological polar surface area (TPSA) is 66.4 Å². The first kappa shape index (κ1) is 15.1. The van der Waals surface area contributed by atoms with Crippen LogP contribution in [-0.2, 0) is 21.4 Å². The Morgan fingerprint density at radius 2 is 2.18 bits per heavy atom. The summed E-state index contributed by atoms with van der Waals surface area (Å²) in [5.41, 5.74) is 2.63. The van der Waals surface area contributed by atoms with Crippen LogP contribution in [0, 0.1) is 5.92 Å². The molecule has 118 valence electrons. The number of fused-ring (bicyclic) bond motifs is 2. The van der Waals surface area contributed by atoms with E-state index in [0.717, 1.165) is 32.1 Å². The number of amides is 1. The van der Waals surface area contributed by atoms with Crippen molar-refractivity contribution in [2.24, 2.45) is 5.92 Å². The van der Waals surface area contributed by atoms with Gasteiger partial charge in [-0.2, -0.15) is 0 Å². The fourth-order valence-electron chi connectivity index (χ4n) is 3.99. The maximum absolute atomic E-state index is 12.5. The van der Waals surface area contributed by atoms with Gasteiger partial charge in [0.25, 0.3) is 0 Å². The molecule has 1 spiro atoms. The van der Waals surface area contributed by atoms with Crippen LogP contribution in [0.4, 0.5) is 0 Å². The molecule has 0 saturated heterocycles. The summed E-state index contributed by atoms with van der Waals surface area (Å²) in [5, 5.41) is 11.9. The van der Waals surface area contributed by atoms with Crippen molar-refractivity contribution in [3.8, 4) is 0 Å². The number of carboxylic acid groups (broad SMARTS) is 1. The number of hydrogen-bond donors (Lipinski definition) is 2. The van der Waals surface area contributed by atoms with Crippen LogP contribution in [0.1, 0.15) is 50.2 Å². The van der Waals surface area contributed by atoms with Crippen molar-refractivity contribution in [1.29, 1.82) is 0 Å². The molecule has 0 radical (unpaired) electrons. The zero-order chi connectivity index (χ0) is 15.7. The normalized spacial score (nSPS) is 27.0. The number of carboxylic acids is 1. The van der Waals surface area contributed by atoms with Gasteiger partial charge in [0.05, 0.1) is 0 Å². The van der Waals surface area contributed by atoms with Crippen molar-refractivity contribution < 1.29 is 14.7 Å². The Labute approximate surface area is 130 Å². The minimum atomic E-state index is -0.936. The first-order valence-electron chi connectivity index (χ1n) is 8.20. The third kappa shape index (κ3) is 2.51. The number of carbonyl (C=O) groups is 2. The molecule has 1 saturated carbocycles. The van der Waals surface area contributed by atoms with Gasteiger partial charge in [-0.25, -0.2) is 4.79 Å². The number of carbonyl (C=O) groups excluding carboxylic acids is 1. The van der Waals surface area contributed by atoms with Gasteiger partial charge in [0.15, 0.2) is 0 Å². The number of hydrogen-bond acceptors (Lipinski definition) is 2. The first-order chi connectivity index (χ1) is 10.6. The van der Waals surface area contributed by atoms with Crippen molar-refractivity contribution in [3.05, 3.63) is 35.4 Å². The van der Waals surface area contributed by atoms with Crippen LogP contribution in [0.5, 0.6) is 0 Å². The minimum Gasteiger partial charge on any atom is -0.480 e. The summed E-state index contributed by atoms with van der Waals surface area (Å²) in [5.74, 6) is -1.08. The van der Waals surface area contributed by atoms with E-state index in [1.54, 1.807) is 0 Å². The molecule has 0 aliphatic heterocycles. The molecule has 2 aliphatic carbocycles. The Balaban J connectivity index is 1.74. The van der Waals surface area contributed by atoms with Crippen LogP contribution in [0.2, 0.25) is 0 Å². The zero-order valence-electron chi connectivity index (χ0n) is 13.0. The van der Waals surface area contributed by atoms with Crippen LogP contribution < -0.4 is 5.32 Å². The van der Waals surface area contributed by atoms with E-state index in [1.807, 2.05) is 13.0 Å². The molecule has 4 heteroatoms. The largest absolute Gasteiger partial charge is 0.480 e. The highest BCUT2D eigenvalue weighted by Gasteiger charge is 2.60. The van der Waals surface area contributed by atoms with Gasteiger partial charge in [-0.15, -0.1) is 0 Å². The van der Waals surface area contributed by atoms with E-state index < -0.39 is 12.0 Å². The Kier molecular flexibility index (Phi) is 3.94. The average Bonchev–Trinajstić information content (AvgIpc) is 3.22. The average molecular weight is 301 g/mol. The zero-order valence-corrected chi connectivity index (χ0v) is 13.0. The number of aryl methyl sites for hydroxylation is 1. The molecule has 2 N–H and O–H groups in total. The SMILES string of the molecule is CCCC(NC(=O)C1CC12CCCc1ccccc12)C(=O)O. The summed E-state index contributed by atoms with van der Waals surface area (Å²) in [4.78, 5) is 23.7.